The molecule has 2 aromatic carbocycles. The number of para-hydroxylation sites is 1. The highest BCUT2D eigenvalue weighted by atomic mass is 35.5. The molecule has 2 amide bonds. The summed E-state index contributed by atoms with van der Waals surface area (Å²) in [5.41, 5.74) is 1.80. The summed E-state index contributed by atoms with van der Waals surface area (Å²) in [5.74, 6) is 0. The van der Waals surface area contributed by atoms with Crippen LogP contribution in [0.25, 0.3) is 0 Å². The summed E-state index contributed by atoms with van der Waals surface area (Å²) in [5, 5.41) is 6.27. The van der Waals surface area contributed by atoms with Gasteiger partial charge < -0.3 is 10.6 Å². The number of carbonyl (C=O) groups excluding carboxylic acids is 1. The van der Waals surface area contributed by atoms with Crippen molar-refractivity contribution in [3.8, 4) is 0 Å². The summed E-state index contributed by atoms with van der Waals surface area (Å²) in [6.45, 7) is 6.63. The molecule has 0 spiro atoms. The first kappa shape index (κ1) is 18.3. The van der Waals surface area contributed by atoms with Crippen molar-refractivity contribution in [2.45, 2.75) is 19.9 Å². The van der Waals surface area contributed by atoms with Crippen LogP contribution in [-0.2, 0) is 0 Å². The molecule has 0 saturated heterocycles. The lowest BCUT2D eigenvalue weighted by Gasteiger charge is -2.30. The number of amides is 2. The summed E-state index contributed by atoms with van der Waals surface area (Å²) in [6, 6.07) is 17.3. The fourth-order valence-corrected chi connectivity index (χ4v) is 2.90. The van der Waals surface area contributed by atoms with E-state index in [9.17, 15) is 4.79 Å². The Balaban J connectivity index is 2.02. The normalized spacial score (nSPS) is 12.0. The van der Waals surface area contributed by atoms with E-state index < -0.39 is 0 Å². The Bertz CT molecular complexity index is 644. The monoisotopic (exact) mass is 345 g/mol. The molecule has 24 heavy (non-hydrogen) atoms. The fraction of sp³-hybridized carbons (Fsp3) is 0.316. The van der Waals surface area contributed by atoms with Gasteiger partial charge in [0.15, 0.2) is 0 Å². The third kappa shape index (κ3) is 4.98. The molecule has 0 saturated carbocycles. The minimum Gasteiger partial charge on any atom is -0.336 e. The number of urea groups is 1. The number of carbonyl (C=O) groups is 1. The van der Waals surface area contributed by atoms with Crippen molar-refractivity contribution >= 4 is 23.3 Å². The molecule has 0 radical (unpaired) electrons. The molecule has 2 rings (SSSR count). The van der Waals surface area contributed by atoms with E-state index in [-0.39, 0.29) is 12.1 Å². The molecule has 0 aliphatic carbocycles. The molecule has 0 aliphatic heterocycles. The molecule has 0 aliphatic rings. The maximum Gasteiger partial charge on any atom is 0.319 e. The molecule has 0 heterocycles. The Morgan fingerprint density at radius 2 is 1.67 bits per heavy atom. The number of anilines is 1. The Labute approximate surface area is 148 Å². The molecular weight excluding hydrogens is 322 g/mol. The van der Waals surface area contributed by atoms with Crippen LogP contribution < -0.4 is 10.6 Å². The number of rotatable bonds is 7. The molecule has 2 N–H and O–H groups in total. The Hall–Kier alpha value is -2.04. The highest BCUT2D eigenvalue weighted by molar-refractivity contribution is 6.33. The summed E-state index contributed by atoms with van der Waals surface area (Å²) >= 11 is 6.07. The standard InChI is InChI=1S/C19H24ClN3O/c1-3-23(4-2)18(15-10-6-5-7-11-15)14-21-19(24)22-17-13-9-8-12-16(17)20/h5-13,18H,3-4,14H2,1-2H3,(H2,21,22,24). The van der Waals surface area contributed by atoms with Crippen LogP contribution in [0, 0.1) is 0 Å². The van der Waals surface area contributed by atoms with Gasteiger partial charge in [0.05, 0.1) is 16.8 Å². The second-order valence-corrected chi connectivity index (χ2v) is 5.87. The van der Waals surface area contributed by atoms with Gasteiger partial charge in [0, 0.05) is 6.54 Å². The largest absolute Gasteiger partial charge is 0.336 e. The molecule has 1 atom stereocenters. The highest BCUT2D eigenvalue weighted by Crippen LogP contribution is 2.21. The summed E-state index contributed by atoms with van der Waals surface area (Å²) in [6.07, 6.45) is 0. The molecule has 128 valence electrons. The molecule has 4 nitrogen and oxygen atoms in total. The topological polar surface area (TPSA) is 44.4 Å². The van der Waals surface area contributed by atoms with Crippen molar-refractivity contribution in [3.05, 3.63) is 65.2 Å². The van der Waals surface area contributed by atoms with Gasteiger partial charge in [-0.25, -0.2) is 4.79 Å². The second kappa shape index (κ2) is 9.30. The number of halogens is 1. The van der Waals surface area contributed by atoms with Crippen molar-refractivity contribution in [1.29, 1.82) is 0 Å². The quantitative estimate of drug-likeness (QED) is 0.773. The number of nitrogens with zero attached hydrogens (tertiary/aromatic N) is 1. The van der Waals surface area contributed by atoms with Crippen LogP contribution in [0.1, 0.15) is 25.5 Å². The van der Waals surface area contributed by atoms with Crippen LogP contribution in [0.3, 0.4) is 0 Å². The third-order valence-electron chi connectivity index (χ3n) is 4.02. The lowest BCUT2D eigenvalue weighted by atomic mass is 10.1. The van der Waals surface area contributed by atoms with E-state index in [2.05, 4.69) is 41.5 Å². The summed E-state index contributed by atoms with van der Waals surface area (Å²) < 4.78 is 0. The molecule has 1 unspecified atom stereocenters. The zero-order chi connectivity index (χ0) is 17.4. The van der Waals surface area contributed by atoms with Gasteiger partial charge in [0.25, 0.3) is 0 Å². The summed E-state index contributed by atoms with van der Waals surface area (Å²) in [4.78, 5) is 14.5. The molecular formula is C19H24ClN3O. The zero-order valence-corrected chi connectivity index (χ0v) is 14.9. The Morgan fingerprint density at radius 3 is 2.29 bits per heavy atom. The van der Waals surface area contributed by atoms with Gasteiger partial charge in [-0.05, 0) is 30.8 Å². The van der Waals surface area contributed by atoms with Crippen LogP contribution in [0.2, 0.25) is 5.02 Å². The fourth-order valence-electron chi connectivity index (χ4n) is 2.72. The predicted molar refractivity (Wildman–Crippen MR) is 101 cm³/mol. The van der Waals surface area contributed by atoms with Crippen molar-refractivity contribution in [1.82, 2.24) is 10.2 Å². The molecule has 0 aromatic heterocycles. The van der Waals surface area contributed by atoms with E-state index in [1.54, 1.807) is 12.1 Å². The minimum atomic E-state index is -0.254. The predicted octanol–water partition coefficient (Wildman–Crippen LogP) is 4.54. The van der Waals surface area contributed by atoms with Crippen molar-refractivity contribution in [2.75, 3.05) is 25.0 Å². The average Bonchev–Trinajstić information content (AvgIpc) is 2.61. The zero-order valence-electron chi connectivity index (χ0n) is 14.1. The number of benzene rings is 2. The van der Waals surface area contributed by atoms with E-state index in [1.807, 2.05) is 30.3 Å². The van der Waals surface area contributed by atoms with Crippen LogP contribution >= 0.6 is 11.6 Å². The van der Waals surface area contributed by atoms with Gasteiger partial charge in [0.1, 0.15) is 0 Å². The SMILES string of the molecule is CCN(CC)C(CNC(=O)Nc1ccccc1Cl)c1ccccc1. The van der Waals surface area contributed by atoms with Crippen LogP contribution in [-0.4, -0.2) is 30.6 Å². The number of likely N-dealkylation sites (N-methyl/N-ethyl adjacent to an activating group) is 1. The number of hydrogen-bond acceptors (Lipinski definition) is 2. The average molecular weight is 346 g/mol. The van der Waals surface area contributed by atoms with Gasteiger partial charge in [-0.2, -0.15) is 0 Å². The molecule has 0 bridgehead atoms. The van der Waals surface area contributed by atoms with Gasteiger partial charge in [-0.1, -0.05) is 67.9 Å². The van der Waals surface area contributed by atoms with E-state index in [4.69, 9.17) is 11.6 Å². The first-order chi connectivity index (χ1) is 11.7. The first-order valence-corrected chi connectivity index (χ1v) is 8.61. The van der Waals surface area contributed by atoms with Crippen LogP contribution in [0.15, 0.2) is 54.6 Å². The van der Waals surface area contributed by atoms with Crippen molar-refractivity contribution in [2.24, 2.45) is 0 Å². The smallest absolute Gasteiger partial charge is 0.319 e. The Morgan fingerprint density at radius 1 is 1.04 bits per heavy atom. The van der Waals surface area contributed by atoms with Crippen LogP contribution in [0.4, 0.5) is 10.5 Å². The van der Waals surface area contributed by atoms with Gasteiger partial charge >= 0.3 is 6.03 Å². The first-order valence-electron chi connectivity index (χ1n) is 8.24. The molecule has 2 aromatic rings. The van der Waals surface area contributed by atoms with Crippen molar-refractivity contribution in [3.63, 3.8) is 0 Å². The van der Waals surface area contributed by atoms with Crippen molar-refractivity contribution < 1.29 is 4.79 Å². The van der Waals surface area contributed by atoms with Gasteiger partial charge in [-0.3, -0.25) is 4.90 Å². The van der Waals surface area contributed by atoms with E-state index >= 15 is 0 Å². The molecule has 0 fully saturated rings. The number of hydrogen-bond donors (Lipinski definition) is 2. The maximum atomic E-state index is 12.2. The van der Waals surface area contributed by atoms with Gasteiger partial charge in [-0.15, -0.1) is 0 Å². The number of nitrogens with one attached hydrogen (secondary N) is 2. The summed E-state index contributed by atoms with van der Waals surface area (Å²) in [7, 11) is 0. The van der Waals surface area contributed by atoms with E-state index in [1.165, 1.54) is 5.56 Å². The van der Waals surface area contributed by atoms with Gasteiger partial charge in [0.2, 0.25) is 0 Å². The Kier molecular flexibility index (Phi) is 7.09. The molecule has 5 heteroatoms. The van der Waals surface area contributed by atoms with E-state index in [0.29, 0.717) is 17.3 Å². The van der Waals surface area contributed by atoms with Crippen LogP contribution in [0.5, 0.6) is 0 Å². The third-order valence-corrected chi connectivity index (χ3v) is 4.35. The lowest BCUT2D eigenvalue weighted by molar-refractivity contribution is 0.210. The highest BCUT2D eigenvalue weighted by Gasteiger charge is 2.18. The minimum absolute atomic E-state index is 0.137. The lowest BCUT2D eigenvalue weighted by Crippen LogP contribution is -2.39. The van der Waals surface area contributed by atoms with E-state index in [0.717, 1.165) is 13.1 Å². The second-order valence-electron chi connectivity index (χ2n) is 5.46. The maximum absolute atomic E-state index is 12.2.